The largest absolute Gasteiger partial charge is 0.508 e. The molecule has 7 heteroatoms. The van der Waals surface area contributed by atoms with Crippen LogP contribution in [0.1, 0.15) is 38.8 Å². The number of nitrogens with one attached hydrogen (secondary N) is 2. The summed E-state index contributed by atoms with van der Waals surface area (Å²) in [5.41, 5.74) is 1.22. The lowest BCUT2D eigenvalue weighted by Gasteiger charge is -2.30. The van der Waals surface area contributed by atoms with E-state index in [0.717, 1.165) is 4.47 Å². The number of carbonyl (C=O) groups is 2. The molecule has 124 valence electrons. The number of benzene rings is 1. The van der Waals surface area contributed by atoms with Gasteiger partial charge in [0, 0.05) is 15.7 Å². The van der Waals surface area contributed by atoms with Gasteiger partial charge < -0.3 is 20.5 Å². The second-order valence-corrected chi connectivity index (χ2v) is 6.35. The number of rotatable bonds is 4. The molecule has 23 heavy (non-hydrogen) atoms. The predicted octanol–water partition coefficient (Wildman–Crippen LogP) is 3.12. The van der Waals surface area contributed by atoms with Crippen molar-refractivity contribution in [2.75, 3.05) is 0 Å². The van der Waals surface area contributed by atoms with Crippen LogP contribution in [0.15, 0.2) is 33.9 Å². The number of carbonyl (C=O) groups excluding carboxylic acids is 2. The Balaban J connectivity index is 2.55. The number of hydrogen-bond donors (Lipinski definition) is 3. The first kappa shape index (κ1) is 17.3. The Hall–Kier alpha value is -2.02. The zero-order valence-corrected chi connectivity index (χ0v) is 14.7. The molecular formula is C16H19BrN2O4. The van der Waals surface area contributed by atoms with Gasteiger partial charge in [0.2, 0.25) is 0 Å². The van der Waals surface area contributed by atoms with Crippen LogP contribution in [-0.4, -0.2) is 23.2 Å². The number of phenolic OH excluding ortho intramolecular Hbond substituents is 1. The van der Waals surface area contributed by atoms with Gasteiger partial charge in [-0.3, -0.25) is 0 Å². The van der Waals surface area contributed by atoms with E-state index in [1.807, 2.05) is 6.92 Å². The molecule has 1 aromatic rings. The maximum atomic E-state index is 12.5. The summed E-state index contributed by atoms with van der Waals surface area (Å²) in [4.78, 5) is 24.4. The highest BCUT2D eigenvalue weighted by molar-refractivity contribution is 9.10. The molecule has 6 nitrogen and oxygen atoms in total. The molecule has 0 radical (unpaired) electrons. The van der Waals surface area contributed by atoms with E-state index in [4.69, 9.17) is 4.74 Å². The van der Waals surface area contributed by atoms with Gasteiger partial charge in [-0.1, -0.05) is 22.9 Å². The molecule has 1 aromatic carbocycles. The topological polar surface area (TPSA) is 87.7 Å². The Morgan fingerprint density at radius 3 is 2.74 bits per heavy atom. The van der Waals surface area contributed by atoms with Crippen molar-refractivity contribution in [2.45, 2.75) is 39.3 Å². The highest BCUT2D eigenvalue weighted by Crippen LogP contribution is 2.35. The van der Waals surface area contributed by atoms with E-state index in [9.17, 15) is 14.7 Å². The molecule has 0 bridgehead atoms. The van der Waals surface area contributed by atoms with Crippen molar-refractivity contribution in [3.63, 3.8) is 0 Å². The molecule has 2 rings (SSSR count). The van der Waals surface area contributed by atoms with Crippen LogP contribution in [0, 0.1) is 0 Å². The Kier molecular flexibility index (Phi) is 5.30. The Labute approximate surface area is 143 Å². The molecule has 0 saturated carbocycles. The van der Waals surface area contributed by atoms with E-state index >= 15 is 0 Å². The first-order chi connectivity index (χ1) is 10.8. The molecular weight excluding hydrogens is 364 g/mol. The number of halogens is 1. The Bertz CT molecular complexity index is 670. The van der Waals surface area contributed by atoms with Crippen molar-refractivity contribution in [3.8, 4) is 5.75 Å². The van der Waals surface area contributed by atoms with Gasteiger partial charge in [-0.15, -0.1) is 0 Å². The van der Waals surface area contributed by atoms with Crippen LogP contribution in [0.5, 0.6) is 5.75 Å². The normalized spacial score (nSPS) is 17.8. The van der Waals surface area contributed by atoms with Crippen molar-refractivity contribution in [1.29, 1.82) is 0 Å². The van der Waals surface area contributed by atoms with E-state index in [2.05, 4.69) is 26.6 Å². The summed E-state index contributed by atoms with van der Waals surface area (Å²) in [6, 6.07) is 3.65. The molecule has 3 N–H and O–H groups in total. The van der Waals surface area contributed by atoms with Crippen molar-refractivity contribution in [3.05, 3.63) is 39.5 Å². The van der Waals surface area contributed by atoms with E-state index in [0.29, 0.717) is 23.3 Å². The van der Waals surface area contributed by atoms with E-state index in [-0.39, 0.29) is 11.9 Å². The van der Waals surface area contributed by atoms with Gasteiger partial charge in [0.25, 0.3) is 0 Å². The van der Waals surface area contributed by atoms with Crippen LogP contribution in [0.3, 0.4) is 0 Å². The fourth-order valence-corrected chi connectivity index (χ4v) is 2.78. The fourth-order valence-electron chi connectivity index (χ4n) is 2.41. The minimum Gasteiger partial charge on any atom is -0.508 e. The van der Waals surface area contributed by atoms with Gasteiger partial charge in [0.1, 0.15) is 5.75 Å². The van der Waals surface area contributed by atoms with Crippen LogP contribution in [0.2, 0.25) is 0 Å². The minimum absolute atomic E-state index is 0.00861. The predicted molar refractivity (Wildman–Crippen MR) is 88.8 cm³/mol. The fraction of sp³-hybridized carbons (Fsp3) is 0.375. The lowest BCUT2D eigenvalue weighted by molar-refractivity contribution is -0.143. The lowest BCUT2D eigenvalue weighted by Crippen LogP contribution is -2.46. The molecule has 2 amide bonds. The molecule has 0 aromatic heterocycles. The van der Waals surface area contributed by atoms with Gasteiger partial charge in [-0.2, -0.15) is 0 Å². The zero-order valence-electron chi connectivity index (χ0n) is 13.1. The maximum absolute atomic E-state index is 12.5. The molecule has 1 atom stereocenters. The minimum atomic E-state index is -0.776. The summed E-state index contributed by atoms with van der Waals surface area (Å²) in [6.45, 7) is 5.34. The first-order valence-corrected chi connectivity index (χ1v) is 8.12. The van der Waals surface area contributed by atoms with Crippen LogP contribution in [0.25, 0.3) is 0 Å². The number of amides is 2. The number of ether oxygens (including phenoxy) is 1. The van der Waals surface area contributed by atoms with Gasteiger partial charge in [-0.05, 0) is 38.5 Å². The zero-order chi connectivity index (χ0) is 17.1. The molecule has 1 aliphatic heterocycles. The average Bonchev–Trinajstić information content (AvgIpc) is 2.47. The van der Waals surface area contributed by atoms with Crippen LogP contribution < -0.4 is 10.6 Å². The summed E-state index contributed by atoms with van der Waals surface area (Å²) in [7, 11) is 0. The van der Waals surface area contributed by atoms with Gasteiger partial charge in [-0.25, -0.2) is 9.59 Å². The number of allylic oxidation sites excluding steroid dienone is 1. The summed E-state index contributed by atoms with van der Waals surface area (Å²) in [6.07, 6.45) is 0.170. The number of aromatic hydroxyl groups is 1. The summed E-state index contributed by atoms with van der Waals surface area (Å²) >= 11 is 3.34. The number of phenols is 1. The third kappa shape index (κ3) is 3.85. The van der Waals surface area contributed by atoms with Crippen LogP contribution in [-0.2, 0) is 9.53 Å². The molecule has 1 aliphatic rings. The van der Waals surface area contributed by atoms with Crippen molar-refractivity contribution >= 4 is 27.9 Å². The van der Waals surface area contributed by atoms with Gasteiger partial charge >= 0.3 is 12.0 Å². The second-order valence-electron chi connectivity index (χ2n) is 5.43. The van der Waals surface area contributed by atoms with Crippen molar-refractivity contribution in [2.24, 2.45) is 0 Å². The quantitative estimate of drug-likeness (QED) is 0.698. The highest BCUT2D eigenvalue weighted by atomic mass is 79.9. The molecule has 1 heterocycles. The SMILES string of the molecule is CCC1=C(C(=O)OC(C)C)C(c2cc(Br)ccc2O)NC(=O)N1. The van der Waals surface area contributed by atoms with Crippen molar-refractivity contribution in [1.82, 2.24) is 10.6 Å². The molecule has 1 unspecified atom stereocenters. The molecule has 0 saturated heterocycles. The van der Waals surface area contributed by atoms with Gasteiger partial charge in [0.15, 0.2) is 0 Å². The van der Waals surface area contributed by atoms with Crippen molar-refractivity contribution < 1.29 is 19.4 Å². The third-order valence-corrected chi connectivity index (χ3v) is 3.86. The van der Waals surface area contributed by atoms with Crippen LogP contribution >= 0.6 is 15.9 Å². The van der Waals surface area contributed by atoms with E-state index in [1.165, 1.54) is 6.07 Å². The van der Waals surface area contributed by atoms with E-state index < -0.39 is 18.0 Å². The third-order valence-electron chi connectivity index (χ3n) is 3.37. The van der Waals surface area contributed by atoms with Crippen LogP contribution in [0.4, 0.5) is 4.79 Å². The Morgan fingerprint density at radius 2 is 2.13 bits per heavy atom. The number of hydrogen-bond acceptors (Lipinski definition) is 4. The molecule has 0 fully saturated rings. The smallest absolute Gasteiger partial charge is 0.338 e. The first-order valence-electron chi connectivity index (χ1n) is 7.33. The summed E-state index contributed by atoms with van der Waals surface area (Å²) < 4.78 is 6.03. The number of urea groups is 1. The average molecular weight is 383 g/mol. The lowest BCUT2D eigenvalue weighted by atomic mass is 9.93. The molecule has 0 aliphatic carbocycles. The standard InChI is InChI=1S/C16H19BrN2O4/c1-4-11-13(15(21)23-8(2)3)14(19-16(22)18-11)10-7-9(17)5-6-12(10)20/h5-8,14,20H,4H2,1-3H3,(H2,18,19,22). The van der Waals surface area contributed by atoms with Gasteiger partial charge in [0.05, 0.1) is 17.7 Å². The summed E-state index contributed by atoms with van der Waals surface area (Å²) in [5, 5.41) is 15.5. The summed E-state index contributed by atoms with van der Waals surface area (Å²) in [5.74, 6) is -0.528. The number of esters is 1. The molecule has 0 spiro atoms. The monoisotopic (exact) mass is 382 g/mol. The van der Waals surface area contributed by atoms with E-state index in [1.54, 1.807) is 26.0 Å². The highest BCUT2D eigenvalue weighted by Gasteiger charge is 2.34. The second kappa shape index (κ2) is 7.04. The Morgan fingerprint density at radius 1 is 1.43 bits per heavy atom. The maximum Gasteiger partial charge on any atom is 0.338 e.